The first kappa shape index (κ1) is 12.3. The van der Waals surface area contributed by atoms with Gasteiger partial charge in [-0.25, -0.2) is 8.78 Å². The minimum absolute atomic E-state index is 0.133. The summed E-state index contributed by atoms with van der Waals surface area (Å²) < 4.78 is 30.6. The number of methoxy groups -OCH3 is 1. The van der Waals surface area contributed by atoms with Gasteiger partial charge in [0.15, 0.2) is 0 Å². The normalized spacial score (nSPS) is 29.1. The number of carbonyl (C=O) groups excluding carboxylic acids is 1. The highest BCUT2D eigenvalue weighted by Crippen LogP contribution is 2.35. The van der Waals surface area contributed by atoms with Gasteiger partial charge in [-0.15, -0.1) is 0 Å². The zero-order valence-corrected chi connectivity index (χ0v) is 8.56. The third-order valence-electron chi connectivity index (χ3n) is 2.58. The van der Waals surface area contributed by atoms with Crippen LogP contribution >= 0.6 is 0 Å². The van der Waals surface area contributed by atoms with E-state index in [0.717, 1.165) is 0 Å². The average molecular weight is 223 g/mol. The van der Waals surface area contributed by atoms with Gasteiger partial charge in [-0.05, 0) is 12.8 Å². The number of hydrogen-bond acceptors (Lipinski definition) is 4. The van der Waals surface area contributed by atoms with Crippen LogP contribution in [0.3, 0.4) is 0 Å². The molecule has 88 valence electrons. The lowest BCUT2D eigenvalue weighted by atomic mass is 9.91. The van der Waals surface area contributed by atoms with Crippen molar-refractivity contribution in [1.82, 2.24) is 5.32 Å². The molecule has 1 fully saturated rings. The number of carbonyl (C=O) groups is 1. The summed E-state index contributed by atoms with van der Waals surface area (Å²) in [5.74, 6) is -3.57. The molecular weight excluding hydrogens is 208 g/mol. The van der Waals surface area contributed by atoms with E-state index in [0.29, 0.717) is 0 Å². The Morgan fingerprint density at radius 3 is 2.67 bits per heavy atom. The summed E-state index contributed by atoms with van der Waals surface area (Å²) in [4.78, 5) is 11.4. The van der Waals surface area contributed by atoms with Crippen molar-refractivity contribution in [3.8, 4) is 0 Å². The van der Waals surface area contributed by atoms with Crippen molar-refractivity contribution in [1.29, 1.82) is 0 Å². The summed E-state index contributed by atoms with van der Waals surface area (Å²) in [6, 6.07) is 0. The van der Waals surface area contributed by atoms with Gasteiger partial charge >= 0.3 is 5.97 Å². The van der Waals surface area contributed by atoms with Gasteiger partial charge in [-0.1, -0.05) is 0 Å². The fourth-order valence-corrected chi connectivity index (χ4v) is 1.86. The van der Waals surface area contributed by atoms with E-state index in [1.54, 1.807) is 0 Å². The van der Waals surface area contributed by atoms with Crippen molar-refractivity contribution >= 4 is 5.97 Å². The lowest BCUT2D eigenvalue weighted by Gasteiger charge is -2.25. The van der Waals surface area contributed by atoms with Crippen molar-refractivity contribution in [3.63, 3.8) is 0 Å². The van der Waals surface area contributed by atoms with Gasteiger partial charge < -0.3 is 9.84 Å². The highest BCUT2D eigenvalue weighted by Gasteiger charge is 2.53. The molecule has 1 rings (SSSR count). The van der Waals surface area contributed by atoms with Crippen LogP contribution in [-0.4, -0.2) is 42.8 Å². The molecule has 1 aliphatic heterocycles. The number of nitrogens with one attached hydrogen (secondary N) is 1. The molecule has 0 radical (unpaired) electrons. The summed E-state index contributed by atoms with van der Waals surface area (Å²) in [6.45, 7) is -0.653. The number of alkyl halides is 2. The zero-order chi connectivity index (χ0) is 11.5. The monoisotopic (exact) mass is 223 g/mol. The largest absolute Gasteiger partial charge is 0.468 e. The quantitative estimate of drug-likeness (QED) is 0.673. The van der Waals surface area contributed by atoms with Gasteiger partial charge in [-0.2, -0.15) is 0 Å². The predicted octanol–water partition coefficient (Wildman–Crippen LogP) is 0.299. The Kier molecular flexibility index (Phi) is 3.62. The third-order valence-corrected chi connectivity index (χ3v) is 2.58. The molecule has 15 heavy (non-hydrogen) atoms. The van der Waals surface area contributed by atoms with Gasteiger partial charge in [-0.3, -0.25) is 10.1 Å². The number of esters is 1. The fourth-order valence-electron chi connectivity index (χ4n) is 1.86. The minimum Gasteiger partial charge on any atom is -0.468 e. The Hall–Kier alpha value is -0.750. The molecule has 0 aliphatic carbocycles. The van der Waals surface area contributed by atoms with Gasteiger partial charge in [0, 0.05) is 13.0 Å². The van der Waals surface area contributed by atoms with E-state index in [9.17, 15) is 13.6 Å². The molecule has 0 aromatic heterocycles. The first-order valence-corrected chi connectivity index (χ1v) is 4.78. The van der Waals surface area contributed by atoms with Crippen LogP contribution in [0.1, 0.15) is 19.3 Å². The van der Waals surface area contributed by atoms with E-state index in [1.165, 1.54) is 7.11 Å². The Bertz CT molecular complexity index is 248. The molecule has 1 aliphatic rings. The van der Waals surface area contributed by atoms with Crippen LogP contribution in [0.2, 0.25) is 0 Å². The maximum atomic E-state index is 13.0. The first-order valence-electron chi connectivity index (χ1n) is 4.78. The lowest BCUT2D eigenvalue weighted by molar-refractivity contribution is -0.149. The SMILES string of the molecule is COC(=O)C1(CCCO)CC(F)(F)CN1. The van der Waals surface area contributed by atoms with E-state index < -0.39 is 30.4 Å². The van der Waals surface area contributed by atoms with E-state index in [1.807, 2.05) is 0 Å². The van der Waals surface area contributed by atoms with Crippen molar-refractivity contribution in [3.05, 3.63) is 0 Å². The van der Waals surface area contributed by atoms with E-state index in [4.69, 9.17) is 5.11 Å². The van der Waals surface area contributed by atoms with Crippen LogP contribution in [0.5, 0.6) is 0 Å². The smallest absolute Gasteiger partial charge is 0.326 e. The van der Waals surface area contributed by atoms with Crippen molar-refractivity contribution in [2.45, 2.75) is 30.7 Å². The molecule has 0 saturated carbocycles. The lowest BCUT2D eigenvalue weighted by Crippen LogP contribution is -2.48. The molecule has 1 saturated heterocycles. The molecular formula is C9H15F2NO3. The average Bonchev–Trinajstić information content (AvgIpc) is 2.51. The number of hydrogen-bond donors (Lipinski definition) is 2. The van der Waals surface area contributed by atoms with Crippen molar-refractivity contribution in [2.24, 2.45) is 0 Å². The standard InChI is InChI=1S/C9H15F2NO3/c1-15-7(14)8(3-2-4-13)5-9(10,11)6-12-8/h12-13H,2-6H2,1H3. The number of aliphatic hydroxyl groups is 1. The van der Waals surface area contributed by atoms with Crippen LogP contribution < -0.4 is 5.32 Å². The molecule has 1 unspecified atom stereocenters. The van der Waals surface area contributed by atoms with Crippen molar-refractivity contribution < 1.29 is 23.4 Å². The molecule has 0 bridgehead atoms. The van der Waals surface area contributed by atoms with Crippen LogP contribution in [0.15, 0.2) is 0 Å². The topological polar surface area (TPSA) is 58.6 Å². The van der Waals surface area contributed by atoms with E-state index in [-0.39, 0.29) is 19.4 Å². The highest BCUT2D eigenvalue weighted by atomic mass is 19.3. The van der Waals surface area contributed by atoms with Crippen LogP contribution in [-0.2, 0) is 9.53 Å². The molecule has 6 heteroatoms. The minimum atomic E-state index is -2.89. The van der Waals surface area contributed by atoms with E-state index in [2.05, 4.69) is 10.1 Å². The second-order valence-corrected chi connectivity index (χ2v) is 3.79. The summed E-state index contributed by atoms with van der Waals surface area (Å²) in [6.07, 6.45) is -0.114. The maximum Gasteiger partial charge on any atom is 0.326 e. The molecule has 2 N–H and O–H groups in total. The second kappa shape index (κ2) is 4.40. The maximum absolute atomic E-state index is 13.0. The third kappa shape index (κ3) is 2.63. The molecule has 1 heterocycles. The zero-order valence-electron chi connectivity index (χ0n) is 8.56. The number of aliphatic hydroxyl groups excluding tert-OH is 1. The molecule has 4 nitrogen and oxygen atoms in total. The van der Waals surface area contributed by atoms with Gasteiger partial charge in [0.1, 0.15) is 5.54 Å². The predicted molar refractivity (Wildman–Crippen MR) is 48.6 cm³/mol. The van der Waals surface area contributed by atoms with Crippen molar-refractivity contribution in [2.75, 3.05) is 20.3 Å². The van der Waals surface area contributed by atoms with E-state index >= 15 is 0 Å². The van der Waals surface area contributed by atoms with Gasteiger partial charge in [0.25, 0.3) is 5.92 Å². The van der Waals surface area contributed by atoms with Crippen LogP contribution in [0.25, 0.3) is 0 Å². The van der Waals surface area contributed by atoms with Crippen LogP contribution in [0.4, 0.5) is 8.78 Å². The summed E-state index contributed by atoms with van der Waals surface area (Å²) >= 11 is 0. The molecule has 0 spiro atoms. The molecule has 0 aromatic carbocycles. The highest BCUT2D eigenvalue weighted by molar-refractivity contribution is 5.81. The summed E-state index contributed by atoms with van der Waals surface area (Å²) in [5, 5.41) is 11.2. The number of halogens is 2. The number of ether oxygens (including phenoxy) is 1. The summed E-state index contributed by atoms with van der Waals surface area (Å²) in [5.41, 5.74) is -1.33. The molecule has 0 amide bonds. The second-order valence-electron chi connectivity index (χ2n) is 3.79. The first-order chi connectivity index (χ1) is 6.96. The molecule has 1 atom stereocenters. The Labute approximate surface area is 86.6 Å². The summed E-state index contributed by atoms with van der Waals surface area (Å²) in [7, 11) is 1.17. The molecule has 0 aromatic rings. The Balaban J connectivity index is 2.75. The van der Waals surface area contributed by atoms with Gasteiger partial charge in [0.2, 0.25) is 0 Å². The fraction of sp³-hybridized carbons (Fsp3) is 0.889. The number of rotatable bonds is 4. The van der Waals surface area contributed by atoms with Gasteiger partial charge in [0.05, 0.1) is 13.7 Å². The Morgan fingerprint density at radius 1 is 1.60 bits per heavy atom. The Morgan fingerprint density at radius 2 is 2.27 bits per heavy atom. The van der Waals surface area contributed by atoms with Crippen LogP contribution in [0, 0.1) is 0 Å².